The fourth-order valence-electron chi connectivity index (χ4n) is 2.96. The number of aryl methyl sites for hydroxylation is 2. The number of H-pyrrole nitrogens is 1. The van der Waals surface area contributed by atoms with Crippen LogP contribution in [0.25, 0.3) is 0 Å². The highest BCUT2D eigenvalue weighted by atomic mass is 16.1. The summed E-state index contributed by atoms with van der Waals surface area (Å²) in [5.74, 6) is 0.331. The number of aromatic nitrogens is 4. The second-order valence-electron chi connectivity index (χ2n) is 5.88. The van der Waals surface area contributed by atoms with Crippen molar-refractivity contribution in [2.75, 3.05) is 13.1 Å². The van der Waals surface area contributed by atoms with Crippen LogP contribution in [0.2, 0.25) is 0 Å². The van der Waals surface area contributed by atoms with E-state index in [1.807, 2.05) is 13.8 Å². The molecule has 2 aromatic rings. The molecule has 0 aliphatic carbocycles. The first-order valence-electron chi connectivity index (χ1n) is 8.03. The van der Waals surface area contributed by atoms with E-state index in [-0.39, 0.29) is 5.91 Å². The third-order valence-corrected chi connectivity index (χ3v) is 4.23. The largest absolute Gasteiger partial charge is 0.348 e. The predicted octanol–water partition coefficient (Wildman–Crippen LogP) is 1.08. The van der Waals surface area contributed by atoms with Crippen LogP contribution in [0.1, 0.15) is 52.3 Å². The fraction of sp³-hybridized carbons (Fsp3) is 0.500. The minimum atomic E-state index is -0.114. The summed E-state index contributed by atoms with van der Waals surface area (Å²) in [6.45, 7) is 6.25. The van der Waals surface area contributed by atoms with Crippen molar-refractivity contribution in [1.82, 2.24) is 31.0 Å². The highest BCUT2D eigenvalue weighted by Crippen LogP contribution is 2.23. The summed E-state index contributed by atoms with van der Waals surface area (Å²) >= 11 is 0. The van der Waals surface area contributed by atoms with Gasteiger partial charge in [-0.15, -0.1) is 0 Å². The van der Waals surface area contributed by atoms with Crippen LogP contribution in [0.3, 0.4) is 0 Å². The molecule has 23 heavy (non-hydrogen) atoms. The van der Waals surface area contributed by atoms with Crippen LogP contribution in [0, 0.1) is 6.92 Å². The Morgan fingerprint density at radius 3 is 3.04 bits per heavy atom. The van der Waals surface area contributed by atoms with Crippen molar-refractivity contribution in [1.29, 1.82) is 0 Å². The Morgan fingerprint density at radius 2 is 2.30 bits per heavy atom. The summed E-state index contributed by atoms with van der Waals surface area (Å²) in [7, 11) is 0. The van der Waals surface area contributed by atoms with Gasteiger partial charge in [0.1, 0.15) is 0 Å². The molecule has 0 spiro atoms. The van der Waals surface area contributed by atoms with Crippen LogP contribution in [-0.2, 0) is 13.0 Å². The van der Waals surface area contributed by atoms with E-state index in [4.69, 9.17) is 0 Å². The van der Waals surface area contributed by atoms with Crippen molar-refractivity contribution in [2.24, 2.45) is 0 Å². The summed E-state index contributed by atoms with van der Waals surface area (Å²) in [6.07, 6.45) is 3.57. The van der Waals surface area contributed by atoms with Gasteiger partial charge >= 0.3 is 0 Å². The maximum absolute atomic E-state index is 12.5. The van der Waals surface area contributed by atoms with Crippen molar-refractivity contribution < 1.29 is 4.79 Å². The average Bonchev–Trinajstić information content (AvgIpc) is 3.23. The van der Waals surface area contributed by atoms with E-state index in [1.165, 1.54) is 0 Å². The zero-order valence-electron chi connectivity index (χ0n) is 13.5. The molecule has 1 aliphatic rings. The van der Waals surface area contributed by atoms with Crippen molar-refractivity contribution >= 4 is 5.91 Å². The molecule has 0 aromatic carbocycles. The van der Waals surface area contributed by atoms with Gasteiger partial charge in [-0.25, -0.2) is 0 Å². The molecule has 1 atom stereocenters. The van der Waals surface area contributed by atoms with Gasteiger partial charge < -0.3 is 10.6 Å². The SMILES string of the molecule is CCc1nnc(C)cc1C(=O)NCc1cn[nH]c1C1CCNC1. The van der Waals surface area contributed by atoms with E-state index < -0.39 is 0 Å². The maximum Gasteiger partial charge on any atom is 0.253 e. The monoisotopic (exact) mass is 314 g/mol. The molecule has 3 N–H and O–H groups in total. The van der Waals surface area contributed by atoms with Gasteiger partial charge in [0.2, 0.25) is 0 Å². The van der Waals surface area contributed by atoms with Gasteiger partial charge in [-0.05, 0) is 32.4 Å². The molecular formula is C16H22N6O. The summed E-state index contributed by atoms with van der Waals surface area (Å²) in [5.41, 5.74) is 4.24. The molecule has 1 unspecified atom stereocenters. The highest BCUT2D eigenvalue weighted by molar-refractivity contribution is 5.95. The van der Waals surface area contributed by atoms with Gasteiger partial charge in [0.15, 0.2) is 0 Å². The van der Waals surface area contributed by atoms with E-state index in [1.54, 1.807) is 12.3 Å². The normalized spacial score (nSPS) is 17.4. The molecule has 7 heteroatoms. The first kappa shape index (κ1) is 15.6. The third kappa shape index (κ3) is 3.39. The lowest BCUT2D eigenvalue weighted by atomic mass is 10.0. The second kappa shape index (κ2) is 6.87. The number of nitrogens with zero attached hydrogens (tertiary/aromatic N) is 3. The zero-order chi connectivity index (χ0) is 16.2. The van der Waals surface area contributed by atoms with Gasteiger partial charge in [-0.2, -0.15) is 15.3 Å². The lowest BCUT2D eigenvalue weighted by Crippen LogP contribution is -2.25. The molecule has 1 fully saturated rings. The van der Waals surface area contributed by atoms with E-state index in [0.29, 0.717) is 24.4 Å². The summed E-state index contributed by atoms with van der Waals surface area (Å²) in [5, 5.41) is 21.7. The number of carbonyl (C=O) groups excluding carboxylic acids is 1. The van der Waals surface area contributed by atoms with Crippen molar-refractivity contribution in [2.45, 2.75) is 39.2 Å². The van der Waals surface area contributed by atoms with Crippen LogP contribution >= 0.6 is 0 Å². The van der Waals surface area contributed by atoms with Crippen LogP contribution < -0.4 is 10.6 Å². The number of nitrogens with one attached hydrogen (secondary N) is 3. The van der Waals surface area contributed by atoms with Crippen LogP contribution in [0.4, 0.5) is 0 Å². The van der Waals surface area contributed by atoms with E-state index in [0.717, 1.165) is 42.2 Å². The molecule has 7 nitrogen and oxygen atoms in total. The van der Waals surface area contributed by atoms with Crippen molar-refractivity contribution in [3.63, 3.8) is 0 Å². The fourth-order valence-corrected chi connectivity index (χ4v) is 2.96. The predicted molar refractivity (Wildman–Crippen MR) is 86.1 cm³/mol. The molecule has 3 rings (SSSR count). The molecule has 0 radical (unpaired) electrons. The van der Waals surface area contributed by atoms with Crippen LogP contribution in [-0.4, -0.2) is 39.4 Å². The quantitative estimate of drug-likeness (QED) is 0.767. The minimum Gasteiger partial charge on any atom is -0.348 e. The molecule has 2 aromatic heterocycles. The van der Waals surface area contributed by atoms with Crippen molar-refractivity contribution in [3.05, 3.63) is 40.5 Å². The standard InChI is InChI=1S/C16H22N6O/c1-3-14-13(6-10(2)20-21-14)16(23)18-8-12-9-19-22-15(12)11-4-5-17-7-11/h6,9,11,17H,3-5,7-8H2,1-2H3,(H,18,23)(H,19,22). The van der Waals surface area contributed by atoms with E-state index >= 15 is 0 Å². The highest BCUT2D eigenvalue weighted by Gasteiger charge is 2.21. The average molecular weight is 314 g/mol. The van der Waals surface area contributed by atoms with Gasteiger partial charge in [-0.3, -0.25) is 9.89 Å². The number of rotatable bonds is 5. The molecule has 1 saturated heterocycles. The van der Waals surface area contributed by atoms with Crippen LogP contribution in [0.5, 0.6) is 0 Å². The number of hydrogen-bond donors (Lipinski definition) is 3. The lowest BCUT2D eigenvalue weighted by molar-refractivity contribution is 0.0949. The minimum absolute atomic E-state index is 0.114. The van der Waals surface area contributed by atoms with Crippen molar-refractivity contribution in [3.8, 4) is 0 Å². The smallest absolute Gasteiger partial charge is 0.253 e. The van der Waals surface area contributed by atoms with E-state index in [2.05, 4.69) is 31.0 Å². The zero-order valence-corrected chi connectivity index (χ0v) is 13.5. The Morgan fingerprint density at radius 1 is 1.43 bits per heavy atom. The molecular weight excluding hydrogens is 292 g/mol. The molecule has 1 amide bonds. The first-order valence-corrected chi connectivity index (χ1v) is 8.03. The van der Waals surface area contributed by atoms with E-state index in [9.17, 15) is 4.79 Å². The lowest BCUT2D eigenvalue weighted by Gasteiger charge is -2.11. The maximum atomic E-state index is 12.5. The summed E-state index contributed by atoms with van der Waals surface area (Å²) in [4.78, 5) is 12.5. The number of hydrogen-bond acceptors (Lipinski definition) is 5. The summed E-state index contributed by atoms with van der Waals surface area (Å²) < 4.78 is 0. The first-order chi connectivity index (χ1) is 11.2. The summed E-state index contributed by atoms with van der Waals surface area (Å²) in [6, 6.07) is 1.79. The second-order valence-corrected chi connectivity index (χ2v) is 5.88. The third-order valence-electron chi connectivity index (χ3n) is 4.23. The van der Waals surface area contributed by atoms with Gasteiger partial charge in [0.05, 0.1) is 23.1 Å². The Hall–Kier alpha value is -2.28. The van der Waals surface area contributed by atoms with Crippen LogP contribution in [0.15, 0.2) is 12.3 Å². The molecule has 0 saturated carbocycles. The Kier molecular flexibility index (Phi) is 4.66. The molecule has 0 bridgehead atoms. The Balaban J connectivity index is 1.70. The molecule has 3 heterocycles. The number of aromatic amines is 1. The Labute approximate surface area is 135 Å². The molecule has 1 aliphatic heterocycles. The number of amides is 1. The van der Waals surface area contributed by atoms with Gasteiger partial charge in [0.25, 0.3) is 5.91 Å². The van der Waals surface area contributed by atoms with Gasteiger partial charge in [0, 0.05) is 30.3 Å². The molecule has 122 valence electrons. The number of carbonyl (C=O) groups is 1. The topological polar surface area (TPSA) is 95.6 Å². The van der Waals surface area contributed by atoms with Gasteiger partial charge in [-0.1, -0.05) is 6.92 Å². The Bertz CT molecular complexity index is 690.